The second-order valence-corrected chi connectivity index (χ2v) is 8.49. The number of hydrogen-bond donors (Lipinski definition) is 1. The Balaban J connectivity index is 1.52. The first-order valence-electron chi connectivity index (χ1n) is 8.94. The van der Waals surface area contributed by atoms with Gasteiger partial charge in [-0.1, -0.05) is 18.2 Å². The van der Waals surface area contributed by atoms with Gasteiger partial charge in [0.2, 0.25) is 10.0 Å². The van der Waals surface area contributed by atoms with Crippen molar-refractivity contribution in [1.82, 2.24) is 4.31 Å². The van der Waals surface area contributed by atoms with E-state index in [1.165, 1.54) is 16.4 Å². The fraction of sp³-hybridized carbons (Fsp3) is 0.250. The summed E-state index contributed by atoms with van der Waals surface area (Å²) in [6.07, 6.45) is 0. The van der Waals surface area contributed by atoms with E-state index in [4.69, 9.17) is 9.15 Å². The van der Waals surface area contributed by atoms with E-state index in [0.29, 0.717) is 37.6 Å². The number of carbonyl (C=O) groups is 1. The number of nitrogens with one attached hydrogen (secondary N) is 1. The van der Waals surface area contributed by atoms with Gasteiger partial charge in [0, 0.05) is 29.7 Å². The standard InChI is InChI=1S/C20H20N2O5S/c1-14-17-4-2-3-5-18(17)27-19(14)20(23)21-15-6-8-16(9-7-15)28(24,25)22-10-12-26-13-11-22/h2-9H,10-13H2,1H3,(H,21,23). The Morgan fingerprint density at radius 3 is 2.39 bits per heavy atom. The highest BCUT2D eigenvalue weighted by atomic mass is 32.2. The third-order valence-corrected chi connectivity index (χ3v) is 6.68. The molecule has 1 aromatic heterocycles. The summed E-state index contributed by atoms with van der Waals surface area (Å²) in [5.74, 6) is -0.135. The second kappa shape index (κ2) is 7.38. The molecular formula is C20H20N2O5S. The molecule has 1 N–H and O–H groups in total. The minimum absolute atomic E-state index is 0.187. The van der Waals surface area contributed by atoms with Crippen LogP contribution in [0, 0.1) is 6.92 Å². The van der Waals surface area contributed by atoms with Crippen molar-refractivity contribution in [1.29, 1.82) is 0 Å². The molecule has 0 radical (unpaired) electrons. The van der Waals surface area contributed by atoms with Gasteiger partial charge in [-0.15, -0.1) is 0 Å². The van der Waals surface area contributed by atoms with Crippen LogP contribution in [0.25, 0.3) is 11.0 Å². The summed E-state index contributed by atoms with van der Waals surface area (Å²) >= 11 is 0. The smallest absolute Gasteiger partial charge is 0.291 e. The second-order valence-electron chi connectivity index (χ2n) is 6.55. The van der Waals surface area contributed by atoms with Crippen LogP contribution in [0.15, 0.2) is 57.8 Å². The lowest BCUT2D eigenvalue weighted by molar-refractivity contribution is 0.0730. The van der Waals surface area contributed by atoms with Gasteiger partial charge < -0.3 is 14.5 Å². The number of benzene rings is 2. The van der Waals surface area contributed by atoms with Crippen LogP contribution in [-0.4, -0.2) is 44.9 Å². The van der Waals surface area contributed by atoms with Crippen LogP contribution in [0.4, 0.5) is 5.69 Å². The largest absolute Gasteiger partial charge is 0.451 e. The van der Waals surface area contributed by atoms with Crippen LogP contribution in [-0.2, 0) is 14.8 Å². The predicted octanol–water partition coefficient (Wildman–Crippen LogP) is 3.01. The summed E-state index contributed by atoms with van der Waals surface area (Å²) in [7, 11) is -3.56. The molecule has 2 aromatic carbocycles. The zero-order chi connectivity index (χ0) is 19.7. The van der Waals surface area contributed by atoms with Gasteiger partial charge in [-0.2, -0.15) is 4.31 Å². The number of morpholine rings is 1. The lowest BCUT2D eigenvalue weighted by atomic mass is 10.1. The van der Waals surface area contributed by atoms with Crippen molar-refractivity contribution in [2.45, 2.75) is 11.8 Å². The number of anilines is 1. The Morgan fingerprint density at radius 2 is 1.71 bits per heavy atom. The van der Waals surface area contributed by atoms with Crippen molar-refractivity contribution in [3.63, 3.8) is 0 Å². The number of para-hydroxylation sites is 1. The average Bonchev–Trinajstić information content (AvgIpc) is 3.06. The number of fused-ring (bicyclic) bond motifs is 1. The van der Waals surface area contributed by atoms with E-state index >= 15 is 0 Å². The quantitative estimate of drug-likeness (QED) is 0.727. The number of ether oxygens (including phenoxy) is 1. The molecule has 1 saturated heterocycles. The first-order chi connectivity index (χ1) is 13.5. The van der Waals surface area contributed by atoms with Crippen LogP contribution >= 0.6 is 0 Å². The normalized spacial score (nSPS) is 15.6. The molecule has 1 amide bonds. The molecule has 28 heavy (non-hydrogen) atoms. The molecule has 0 bridgehead atoms. The van der Waals surface area contributed by atoms with Crippen LogP contribution in [0.2, 0.25) is 0 Å². The maximum absolute atomic E-state index is 12.7. The van der Waals surface area contributed by atoms with E-state index in [9.17, 15) is 13.2 Å². The third-order valence-electron chi connectivity index (χ3n) is 4.77. The van der Waals surface area contributed by atoms with E-state index in [-0.39, 0.29) is 16.6 Å². The summed E-state index contributed by atoms with van der Waals surface area (Å²) in [5, 5.41) is 3.65. The molecule has 2 heterocycles. The maximum atomic E-state index is 12.7. The number of rotatable bonds is 4. The third kappa shape index (κ3) is 3.42. The Kier molecular flexibility index (Phi) is 4.92. The number of carbonyl (C=O) groups excluding carboxylic acids is 1. The molecule has 0 aliphatic carbocycles. The van der Waals surface area contributed by atoms with Crippen molar-refractivity contribution in [3.8, 4) is 0 Å². The molecule has 1 aliphatic heterocycles. The van der Waals surface area contributed by atoms with Crippen molar-refractivity contribution in [2.75, 3.05) is 31.6 Å². The van der Waals surface area contributed by atoms with E-state index in [2.05, 4.69) is 5.32 Å². The molecule has 0 spiro atoms. The molecule has 0 saturated carbocycles. The van der Waals surface area contributed by atoms with Crippen LogP contribution in [0.1, 0.15) is 16.1 Å². The molecule has 8 heteroatoms. The number of furan rings is 1. The molecular weight excluding hydrogens is 380 g/mol. The molecule has 146 valence electrons. The van der Waals surface area contributed by atoms with Crippen LogP contribution in [0.3, 0.4) is 0 Å². The number of sulfonamides is 1. The van der Waals surface area contributed by atoms with Crippen molar-refractivity contribution >= 4 is 32.6 Å². The van der Waals surface area contributed by atoms with E-state index in [1.54, 1.807) is 12.1 Å². The van der Waals surface area contributed by atoms with E-state index < -0.39 is 10.0 Å². The van der Waals surface area contributed by atoms with Crippen molar-refractivity contribution < 1.29 is 22.4 Å². The summed E-state index contributed by atoms with van der Waals surface area (Å²) < 4.78 is 37.6. The molecule has 0 unspecified atom stereocenters. The predicted molar refractivity (Wildman–Crippen MR) is 105 cm³/mol. The van der Waals surface area contributed by atoms with E-state index in [1.807, 2.05) is 31.2 Å². The van der Waals surface area contributed by atoms with Crippen LogP contribution in [0.5, 0.6) is 0 Å². The van der Waals surface area contributed by atoms with Gasteiger partial charge in [-0.05, 0) is 37.3 Å². The Labute approximate surface area is 162 Å². The monoisotopic (exact) mass is 400 g/mol. The van der Waals surface area contributed by atoms with Crippen LogP contribution < -0.4 is 5.32 Å². The highest BCUT2D eigenvalue weighted by Crippen LogP contribution is 2.26. The van der Waals surface area contributed by atoms with Gasteiger partial charge in [-0.3, -0.25) is 4.79 Å². The highest BCUT2D eigenvalue weighted by Gasteiger charge is 2.26. The summed E-state index contributed by atoms with van der Waals surface area (Å²) in [6, 6.07) is 13.6. The zero-order valence-electron chi connectivity index (χ0n) is 15.3. The Bertz CT molecular complexity index is 1110. The molecule has 1 aliphatic rings. The molecule has 3 aromatic rings. The lowest BCUT2D eigenvalue weighted by Crippen LogP contribution is -2.40. The first-order valence-corrected chi connectivity index (χ1v) is 10.4. The molecule has 0 atom stereocenters. The van der Waals surface area contributed by atoms with Gasteiger partial charge >= 0.3 is 0 Å². The average molecular weight is 400 g/mol. The SMILES string of the molecule is Cc1c(C(=O)Nc2ccc(S(=O)(=O)N3CCOCC3)cc2)oc2ccccc12. The maximum Gasteiger partial charge on any atom is 0.291 e. The first kappa shape index (κ1) is 18.7. The topological polar surface area (TPSA) is 88.9 Å². The van der Waals surface area contributed by atoms with E-state index in [0.717, 1.165) is 10.9 Å². The van der Waals surface area contributed by atoms with Gasteiger partial charge in [0.15, 0.2) is 5.76 Å². The van der Waals surface area contributed by atoms with Crippen molar-refractivity contribution in [2.24, 2.45) is 0 Å². The zero-order valence-corrected chi connectivity index (χ0v) is 16.2. The summed E-state index contributed by atoms with van der Waals surface area (Å²) in [5.41, 5.74) is 1.91. The van der Waals surface area contributed by atoms with Crippen molar-refractivity contribution in [3.05, 3.63) is 59.9 Å². The number of hydrogen-bond acceptors (Lipinski definition) is 5. The summed E-state index contributed by atoms with van der Waals surface area (Å²) in [4.78, 5) is 12.8. The highest BCUT2D eigenvalue weighted by molar-refractivity contribution is 7.89. The Morgan fingerprint density at radius 1 is 1.04 bits per heavy atom. The number of amides is 1. The Hall–Kier alpha value is -2.68. The fourth-order valence-corrected chi connectivity index (χ4v) is 4.63. The van der Waals surface area contributed by atoms with Gasteiger partial charge in [0.25, 0.3) is 5.91 Å². The number of nitrogens with zero attached hydrogens (tertiary/aromatic N) is 1. The van der Waals surface area contributed by atoms with Gasteiger partial charge in [-0.25, -0.2) is 8.42 Å². The fourth-order valence-electron chi connectivity index (χ4n) is 3.23. The lowest BCUT2D eigenvalue weighted by Gasteiger charge is -2.26. The van der Waals surface area contributed by atoms with Gasteiger partial charge in [0.1, 0.15) is 5.58 Å². The minimum atomic E-state index is -3.56. The minimum Gasteiger partial charge on any atom is -0.451 e. The molecule has 7 nitrogen and oxygen atoms in total. The van der Waals surface area contributed by atoms with Gasteiger partial charge in [0.05, 0.1) is 18.1 Å². The number of aryl methyl sites for hydroxylation is 1. The molecule has 1 fully saturated rings. The summed E-state index contributed by atoms with van der Waals surface area (Å²) in [6.45, 7) is 3.30. The molecule has 4 rings (SSSR count).